The number of hydrogen-bond acceptors (Lipinski definition) is 3. The second-order valence-corrected chi connectivity index (χ2v) is 5.77. The first-order valence-electron chi connectivity index (χ1n) is 6.74. The van der Waals surface area contributed by atoms with Gasteiger partial charge in [-0.15, -0.1) is 11.3 Å². The zero-order valence-electron chi connectivity index (χ0n) is 11.6. The van der Waals surface area contributed by atoms with E-state index in [1.807, 2.05) is 31.2 Å². The summed E-state index contributed by atoms with van der Waals surface area (Å²) in [5, 5.41) is 5.50. The van der Waals surface area contributed by atoms with Crippen molar-refractivity contribution in [3.63, 3.8) is 0 Å². The minimum Gasteiger partial charge on any atom is -0.378 e. The minimum absolute atomic E-state index is 0.0192. The summed E-state index contributed by atoms with van der Waals surface area (Å²) < 4.78 is 13.3. The number of aromatic nitrogens is 1. The molecule has 4 heteroatoms. The van der Waals surface area contributed by atoms with Crippen molar-refractivity contribution in [3.05, 3.63) is 71.6 Å². The number of nitrogens with one attached hydrogen (secondary N) is 1. The summed E-state index contributed by atoms with van der Waals surface area (Å²) in [5.74, 6) is -0.312. The smallest absolute Gasteiger partial charge is 0.141 e. The highest BCUT2D eigenvalue weighted by Crippen LogP contribution is 2.33. The predicted octanol–water partition coefficient (Wildman–Crippen LogP) is 5.12. The van der Waals surface area contributed by atoms with Gasteiger partial charge in [-0.25, -0.2) is 4.39 Å². The molecule has 0 saturated heterocycles. The standard InChI is InChI=1S/C17H15FN2S/c1-12(13-9-14(18)11-19-10-13)20-16-6-3-2-5-15(16)17-7-4-8-21-17/h2-12,20H,1H3. The molecule has 0 amide bonds. The van der Waals surface area contributed by atoms with Crippen LogP contribution in [0.4, 0.5) is 10.1 Å². The zero-order chi connectivity index (χ0) is 14.7. The van der Waals surface area contributed by atoms with Crippen molar-refractivity contribution in [2.45, 2.75) is 13.0 Å². The van der Waals surface area contributed by atoms with Crippen molar-refractivity contribution in [3.8, 4) is 10.4 Å². The third-order valence-electron chi connectivity index (χ3n) is 3.31. The van der Waals surface area contributed by atoms with E-state index in [1.165, 1.54) is 17.1 Å². The Bertz CT molecular complexity index is 725. The largest absolute Gasteiger partial charge is 0.378 e. The number of rotatable bonds is 4. The Hall–Kier alpha value is -2.20. The molecule has 1 aromatic carbocycles. The molecule has 0 radical (unpaired) electrons. The molecule has 0 aliphatic heterocycles. The third kappa shape index (κ3) is 3.11. The maximum absolute atomic E-state index is 13.3. The van der Waals surface area contributed by atoms with Crippen molar-refractivity contribution >= 4 is 17.0 Å². The number of halogens is 1. The lowest BCUT2D eigenvalue weighted by Gasteiger charge is -2.18. The van der Waals surface area contributed by atoms with E-state index >= 15 is 0 Å². The molecule has 106 valence electrons. The molecule has 0 spiro atoms. The summed E-state index contributed by atoms with van der Waals surface area (Å²) in [5.41, 5.74) is 3.02. The maximum Gasteiger partial charge on any atom is 0.141 e. The van der Waals surface area contributed by atoms with Gasteiger partial charge in [0.2, 0.25) is 0 Å². The van der Waals surface area contributed by atoms with Crippen LogP contribution in [-0.4, -0.2) is 4.98 Å². The van der Waals surface area contributed by atoms with Crippen molar-refractivity contribution in [2.24, 2.45) is 0 Å². The van der Waals surface area contributed by atoms with Crippen LogP contribution in [0.1, 0.15) is 18.5 Å². The van der Waals surface area contributed by atoms with Gasteiger partial charge >= 0.3 is 0 Å². The Labute approximate surface area is 127 Å². The molecule has 1 atom stereocenters. The molecule has 0 saturated carbocycles. The van der Waals surface area contributed by atoms with Gasteiger partial charge in [0, 0.05) is 22.3 Å². The molecule has 2 heterocycles. The number of anilines is 1. The van der Waals surface area contributed by atoms with E-state index in [4.69, 9.17) is 0 Å². The summed E-state index contributed by atoms with van der Waals surface area (Å²) in [6.07, 6.45) is 2.91. The lowest BCUT2D eigenvalue weighted by atomic mass is 10.1. The molecule has 2 aromatic heterocycles. The molecule has 2 nitrogen and oxygen atoms in total. The summed E-state index contributed by atoms with van der Waals surface area (Å²) in [4.78, 5) is 5.12. The fraction of sp³-hybridized carbons (Fsp3) is 0.118. The number of para-hydroxylation sites is 1. The van der Waals surface area contributed by atoms with Crippen LogP contribution in [0.5, 0.6) is 0 Å². The fourth-order valence-electron chi connectivity index (χ4n) is 2.24. The van der Waals surface area contributed by atoms with Crippen molar-refractivity contribution in [1.82, 2.24) is 4.98 Å². The van der Waals surface area contributed by atoms with E-state index in [1.54, 1.807) is 17.5 Å². The molecule has 1 N–H and O–H groups in total. The van der Waals surface area contributed by atoms with Crippen molar-refractivity contribution < 1.29 is 4.39 Å². The molecule has 1 unspecified atom stereocenters. The Balaban J connectivity index is 1.88. The van der Waals surface area contributed by atoms with Crippen LogP contribution in [0.2, 0.25) is 0 Å². The first-order valence-corrected chi connectivity index (χ1v) is 7.62. The maximum atomic E-state index is 13.3. The van der Waals surface area contributed by atoms with Crippen LogP contribution < -0.4 is 5.32 Å². The van der Waals surface area contributed by atoms with Gasteiger partial charge in [-0.2, -0.15) is 0 Å². The Morgan fingerprint density at radius 1 is 1.14 bits per heavy atom. The van der Waals surface area contributed by atoms with Crippen LogP contribution in [0.3, 0.4) is 0 Å². The van der Waals surface area contributed by atoms with E-state index in [9.17, 15) is 4.39 Å². The SMILES string of the molecule is CC(Nc1ccccc1-c1cccs1)c1cncc(F)c1. The average Bonchev–Trinajstić information content (AvgIpc) is 3.02. The normalized spacial score (nSPS) is 12.1. The van der Waals surface area contributed by atoms with Crippen LogP contribution >= 0.6 is 11.3 Å². The monoisotopic (exact) mass is 298 g/mol. The number of hydrogen-bond donors (Lipinski definition) is 1. The second-order valence-electron chi connectivity index (χ2n) is 4.83. The molecule has 3 rings (SSSR count). The van der Waals surface area contributed by atoms with E-state index in [2.05, 4.69) is 27.8 Å². The third-order valence-corrected chi connectivity index (χ3v) is 4.21. The second kappa shape index (κ2) is 6.06. The van der Waals surface area contributed by atoms with Gasteiger partial charge in [0.25, 0.3) is 0 Å². The molecule has 21 heavy (non-hydrogen) atoms. The Morgan fingerprint density at radius 2 is 2.00 bits per heavy atom. The van der Waals surface area contributed by atoms with Gasteiger partial charge in [0.1, 0.15) is 5.82 Å². The van der Waals surface area contributed by atoms with Crippen LogP contribution in [0.15, 0.2) is 60.2 Å². The topological polar surface area (TPSA) is 24.9 Å². The molecule has 3 aromatic rings. The number of benzene rings is 1. The van der Waals surface area contributed by atoms with Crippen LogP contribution in [0.25, 0.3) is 10.4 Å². The Kier molecular flexibility index (Phi) is 3.97. The zero-order valence-corrected chi connectivity index (χ0v) is 12.4. The first-order chi connectivity index (χ1) is 10.2. The number of pyridine rings is 1. The number of nitrogens with zero attached hydrogens (tertiary/aromatic N) is 1. The average molecular weight is 298 g/mol. The molecule has 0 bridgehead atoms. The highest BCUT2D eigenvalue weighted by molar-refractivity contribution is 7.13. The highest BCUT2D eigenvalue weighted by Gasteiger charge is 2.10. The highest BCUT2D eigenvalue weighted by atomic mass is 32.1. The summed E-state index contributed by atoms with van der Waals surface area (Å²) >= 11 is 1.70. The van der Waals surface area contributed by atoms with E-state index in [0.717, 1.165) is 16.8 Å². The van der Waals surface area contributed by atoms with Crippen molar-refractivity contribution in [1.29, 1.82) is 0 Å². The lowest BCUT2D eigenvalue weighted by molar-refractivity contribution is 0.616. The van der Waals surface area contributed by atoms with E-state index in [0.29, 0.717) is 0 Å². The summed E-state index contributed by atoms with van der Waals surface area (Å²) in [7, 11) is 0. The summed E-state index contributed by atoms with van der Waals surface area (Å²) in [6.45, 7) is 2.00. The van der Waals surface area contributed by atoms with Gasteiger partial charge in [0.05, 0.1) is 12.2 Å². The number of thiophene rings is 1. The predicted molar refractivity (Wildman–Crippen MR) is 86.0 cm³/mol. The van der Waals surface area contributed by atoms with Gasteiger partial charge in [-0.05, 0) is 36.1 Å². The van der Waals surface area contributed by atoms with E-state index in [-0.39, 0.29) is 11.9 Å². The van der Waals surface area contributed by atoms with E-state index < -0.39 is 0 Å². The Morgan fingerprint density at radius 3 is 2.76 bits per heavy atom. The lowest BCUT2D eigenvalue weighted by Crippen LogP contribution is -2.08. The van der Waals surface area contributed by atoms with Crippen LogP contribution in [-0.2, 0) is 0 Å². The van der Waals surface area contributed by atoms with Crippen molar-refractivity contribution in [2.75, 3.05) is 5.32 Å². The van der Waals surface area contributed by atoms with Gasteiger partial charge in [-0.1, -0.05) is 24.3 Å². The van der Waals surface area contributed by atoms with Gasteiger partial charge < -0.3 is 5.32 Å². The van der Waals surface area contributed by atoms with Gasteiger partial charge in [0.15, 0.2) is 0 Å². The fourth-order valence-corrected chi connectivity index (χ4v) is 3.00. The summed E-state index contributed by atoms with van der Waals surface area (Å²) in [6, 6.07) is 13.8. The molecule has 0 aliphatic carbocycles. The quantitative estimate of drug-likeness (QED) is 0.723. The van der Waals surface area contributed by atoms with Gasteiger partial charge in [-0.3, -0.25) is 4.98 Å². The molecule has 0 aliphatic rings. The molecule has 0 fully saturated rings. The minimum atomic E-state index is -0.312. The molecular weight excluding hydrogens is 283 g/mol. The first kappa shape index (κ1) is 13.8. The van der Waals surface area contributed by atoms with Crippen LogP contribution in [0, 0.1) is 5.82 Å². The molecular formula is C17H15FN2S.